The Hall–Kier alpha value is -4.27. The Balaban J connectivity index is 1.46. The molecule has 35 heavy (non-hydrogen) atoms. The Bertz CT molecular complexity index is 1270. The molecule has 0 spiro atoms. The van der Waals surface area contributed by atoms with Gasteiger partial charge in [0.25, 0.3) is 5.91 Å². The van der Waals surface area contributed by atoms with Gasteiger partial charge in [-0.25, -0.2) is 13.6 Å². The van der Waals surface area contributed by atoms with Crippen LogP contribution in [0.25, 0.3) is 11.1 Å². The molecule has 0 saturated carbocycles. The van der Waals surface area contributed by atoms with Gasteiger partial charge in [0.15, 0.2) is 5.82 Å². The van der Waals surface area contributed by atoms with Crippen LogP contribution in [0.5, 0.6) is 0 Å². The fraction of sp³-hybridized carbons (Fsp3) is 0.192. The zero-order valence-electron chi connectivity index (χ0n) is 18.7. The van der Waals surface area contributed by atoms with E-state index in [0.29, 0.717) is 0 Å². The average Bonchev–Trinajstić information content (AvgIpc) is 3.13. The van der Waals surface area contributed by atoms with Gasteiger partial charge in [-0.2, -0.15) is 0 Å². The summed E-state index contributed by atoms with van der Waals surface area (Å²) in [4.78, 5) is 35.5. The van der Waals surface area contributed by atoms with Crippen LogP contribution in [-0.2, 0) is 9.53 Å². The van der Waals surface area contributed by atoms with Crippen LogP contribution in [-0.4, -0.2) is 35.7 Å². The monoisotopic (exact) mass is 480 g/mol. The van der Waals surface area contributed by atoms with Gasteiger partial charge in [0, 0.05) is 12.0 Å². The molecule has 1 atom stereocenters. The number of nitrogens with one attached hydrogen (secondary N) is 2. The van der Waals surface area contributed by atoms with E-state index in [4.69, 9.17) is 9.84 Å². The molecule has 9 heteroatoms. The van der Waals surface area contributed by atoms with Crippen molar-refractivity contribution in [3.05, 3.63) is 89.0 Å². The molecule has 7 nitrogen and oxygen atoms in total. The Morgan fingerprint density at radius 2 is 1.57 bits per heavy atom. The predicted octanol–water partition coefficient (Wildman–Crippen LogP) is 4.92. The number of carboxylic acids is 1. The van der Waals surface area contributed by atoms with Gasteiger partial charge in [-0.15, -0.1) is 0 Å². The Morgan fingerprint density at radius 1 is 0.971 bits per heavy atom. The average molecular weight is 480 g/mol. The molecule has 0 fully saturated rings. The number of carbonyl (C=O) groups is 3. The van der Waals surface area contributed by atoms with Crippen LogP contribution in [0.1, 0.15) is 40.7 Å². The minimum Gasteiger partial charge on any atom is -0.481 e. The molecule has 0 unspecified atom stereocenters. The Morgan fingerprint density at radius 3 is 2.17 bits per heavy atom. The number of halogens is 2. The molecular formula is C26H22F2N2O5. The second-order valence-electron chi connectivity index (χ2n) is 8.21. The summed E-state index contributed by atoms with van der Waals surface area (Å²) in [7, 11) is 0. The molecular weight excluding hydrogens is 458 g/mol. The summed E-state index contributed by atoms with van der Waals surface area (Å²) in [5, 5.41) is 13.2. The van der Waals surface area contributed by atoms with E-state index < -0.39 is 53.3 Å². The largest absolute Gasteiger partial charge is 0.481 e. The molecule has 1 aliphatic carbocycles. The molecule has 0 heterocycles. The highest BCUT2D eigenvalue weighted by Gasteiger charge is 2.29. The fourth-order valence-electron chi connectivity index (χ4n) is 4.21. The van der Waals surface area contributed by atoms with Crippen molar-refractivity contribution in [1.29, 1.82) is 0 Å². The second kappa shape index (κ2) is 9.92. The third-order valence-corrected chi connectivity index (χ3v) is 5.76. The number of hydrogen-bond acceptors (Lipinski definition) is 4. The maximum Gasteiger partial charge on any atom is 0.411 e. The van der Waals surface area contributed by atoms with Crippen LogP contribution in [0.4, 0.5) is 19.3 Å². The van der Waals surface area contributed by atoms with Gasteiger partial charge in [-0.1, -0.05) is 48.5 Å². The summed E-state index contributed by atoms with van der Waals surface area (Å²) in [5.41, 5.74) is 2.73. The normalized spacial score (nSPS) is 12.9. The van der Waals surface area contributed by atoms with Crippen LogP contribution in [0, 0.1) is 11.6 Å². The lowest BCUT2D eigenvalue weighted by Crippen LogP contribution is -2.35. The zero-order chi connectivity index (χ0) is 25.1. The van der Waals surface area contributed by atoms with Crippen molar-refractivity contribution >= 4 is 23.7 Å². The number of ether oxygens (including phenoxy) is 1. The Labute approximate surface area is 199 Å². The second-order valence-corrected chi connectivity index (χ2v) is 8.21. The van der Waals surface area contributed by atoms with Crippen molar-refractivity contribution in [3.63, 3.8) is 0 Å². The highest BCUT2D eigenvalue weighted by molar-refractivity contribution is 5.97. The zero-order valence-corrected chi connectivity index (χ0v) is 18.7. The molecule has 0 saturated heterocycles. The van der Waals surface area contributed by atoms with Crippen LogP contribution < -0.4 is 10.6 Å². The number of amides is 2. The topological polar surface area (TPSA) is 105 Å². The molecule has 0 aliphatic heterocycles. The molecule has 3 aromatic rings. The first-order valence-corrected chi connectivity index (χ1v) is 10.9. The van der Waals surface area contributed by atoms with Crippen molar-refractivity contribution < 1.29 is 33.0 Å². The first-order valence-electron chi connectivity index (χ1n) is 10.9. The van der Waals surface area contributed by atoms with Crippen LogP contribution in [0.3, 0.4) is 0 Å². The van der Waals surface area contributed by atoms with Crippen molar-refractivity contribution in [1.82, 2.24) is 5.32 Å². The molecule has 0 aromatic heterocycles. The third kappa shape index (κ3) is 4.98. The van der Waals surface area contributed by atoms with Crippen LogP contribution >= 0.6 is 0 Å². The molecule has 1 aliphatic rings. The summed E-state index contributed by atoms with van der Waals surface area (Å²) in [6.07, 6.45) is -1.39. The van der Waals surface area contributed by atoms with E-state index in [9.17, 15) is 23.2 Å². The van der Waals surface area contributed by atoms with Gasteiger partial charge >= 0.3 is 12.1 Å². The van der Waals surface area contributed by atoms with Crippen LogP contribution in [0.2, 0.25) is 0 Å². The SMILES string of the molecule is C[C@@H](CC(=O)O)NC(=O)c1c(F)ccc(NC(=O)OCC2c3ccccc3-c3ccccc32)c1F. The molecule has 2 amide bonds. The highest BCUT2D eigenvalue weighted by Crippen LogP contribution is 2.44. The Kier molecular flexibility index (Phi) is 6.77. The molecule has 0 bridgehead atoms. The van der Waals surface area contributed by atoms with Gasteiger partial charge in [0.2, 0.25) is 0 Å². The first-order chi connectivity index (χ1) is 16.8. The lowest BCUT2D eigenvalue weighted by molar-refractivity contribution is -0.137. The smallest absolute Gasteiger partial charge is 0.411 e. The highest BCUT2D eigenvalue weighted by atomic mass is 19.1. The minimum absolute atomic E-state index is 0.0112. The summed E-state index contributed by atoms with van der Waals surface area (Å²) >= 11 is 0. The standard InChI is InChI=1S/C26H22F2N2O5/c1-14(12-22(31)32)29-25(33)23-20(27)10-11-21(24(23)28)30-26(34)35-13-19-17-8-4-2-6-15(17)16-7-3-5-9-18(16)19/h2-11,14,19H,12-13H2,1H3,(H,29,33)(H,30,34)(H,31,32)/t14-/m0/s1. The summed E-state index contributed by atoms with van der Waals surface area (Å²) in [6, 6.07) is 16.5. The number of rotatable bonds is 7. The summed E-state index contributed by atoms with van der Waals surface area (Å²) in [6.45, 7) is 1.38. The van der Waals surface area contributed by atoms with E-state index >= 15 is 0 Å². The van der Waals surface area contributed by atoms with Crippen molar-refractivity contribution in [3.8, 4) is 11.1 Å². The molecule has 3 N–H and O–H groups in total. The van der Waals surface area contributed by atoms with Gasteiger partial charge in [0.05, 0.1) is 12.1 Å². The lowest BCUT2D eigenvalue weighted by atomic mass is 9.98. The van der Waals surface area contributed by atoms with E-state index in [0.717, 1.165) is 34.4 Å². The fourth-order valence-corrected chi connectivity index (χ4v) is 4.21. The van der Waals surface area contributed by atoms with Gasteiger partial charge < -0.3 is 15.2 Å². The van der Waals surface area contributed by atoms with E-state index in [1.165, 1.54) is 6.92 Å². The number of benzene rings is 3. The van der Waals surface area contributed by atoms with Gasteiger partial charge in [-0.05, 0) is 41.3 Å². The predicted molar refractivity (Wildman–Crippen MR) is 124 cm³/mol. The lowest BCUT2D eigenvalue weighted by Gasteiger charge is -2.16. The summed E-state index contributed by atoms with van der Waals surface area (Å²) < 4.78 is 34.5. The minimum atomic E-state index is -1.29. The van der Waals surface area contributed by atoms with Crippen molar-refractivity contribution in [2.45, 2.75) is 25.3 Å². The molecule has 3 aromatic carbocycles. The quantitative estimate of drug-likeness (QED) is 0.445. The summed E-state index contributed by atoms with van der Waals surface area (Å²) in [5.74, 6) is -4.96. The van der Waals surface area contributed by atoms with Crippen LogP contribution in [0.15, 0.2) is 60.7 Å². The number of aliphatic carboxylic acids is 1. The van der Waals surface area contributed by atoms with E-state index in [1.807, 2.05) is 48.5 Å². The maximum absolute atomic E-state index is 14.9. The number of fused-ring (bicyclic) bond motifs is 3. The molecule has 0 radical (unpaired) electrons. The number of anilines is 1. The van der Waals surface area contributed by atoms with Gasteiger partial charge in [0.1, 0.15) is 18.0 Å². The van der Waals surface area contributed by atoms with E-state index in [2.05, 4.69) is 10.6 Å². The van der Waals surface area contributed by atoms with Gasteiger partial charge in [-0.3, -0.25) is 14.9 Å². The van der Waals surface area contributed by atoms with Crippen molar-refractivity contribution in [2.75, 3.05) is 11.9 Å². The van der Waals surface area contributed by atoms with E-state index in [-0.39, 0.29) is 12.5 Å². The number of carboxylic acid groups (broad SMARTS) is 1. The number of hydrogen-bond donors (Lipinski definition) is 3. The molecule has 180 valence electrons. The van der Waals surface area contributed by atoms with E-state index in [1.54, 1.807) is 0 Å². The third-order valence-electron chi connectivity index (χ3n) is 5.76. The van der Waals surface area contributed by atoms with Crippen molar-refractivity contribution in [2.24, 2.45) is 0 Å². The maximum atomic E-state index is 14.9. The number of carbonyl (C=O) groups excluding carboxylic acids is 2. The first kappa shape index (κ1) is 23.9. The molecule has 4 rings (SSSR count).